The van der Waals surface area contributed by atoms with Gasteiger partial charge in [-0.3, -0.25) is 9.78 Å². The highest BCUT2D eigenvalue weighted by atomic mass is 16.5. The van der Waals surface area contributed by atoms with Gasteiger partial charge in [0, 0.05) is 36.0 Å². The van der Waals surface area contributed by atoms with Crippen LogP contribution in [-0.4, -0.2) is 17.0 Å². The van der Waals surface area contributed by atoms with Crippen LogP contribution in [0.5, 0.6) is 5.75 Å². The quantitative estimate of drug-likeness (QED) is 0.714. The number of pyridine rings is 1. The van der Waals surface area contributed by atoms with Crippen molar-refractivity contribution in [1.82, 2.24) is 10.3 Å². The summed E-state index contributed by atoms with van der Waals surface area (Å²) in [5, 5.41) is 3.67. The molecule has 134 valence electrons. The average Bonchev–Trinajstić information content (AvgIpc) is 2.65. The molecule has 0 saturated heterocycles. The molecule has 2 aromatic heterocycles. The molecule has 6 heteroatoms. The number of benzene rings is 1. The molecule has 0 unspecified atom stereocenters. The first kappa shape index (κ1) is 17.7. The molecule has 26 heavy (non-hydrogen) atoms. The lowest BCUT2D eigenvalue weighted by atomic mass is 10.1. The second kappa shape index (κ2) is 7.39. The molecular formula is C20H20N2O4. The first-order valence-electron chi connectivity index (χ1n) is 8.33. The number of fused-ring (bicyclic) bond motifs is 1. The van der Waals surface area contributed by atoms with Crippen LogP contribution in [0.2, 0.25) is 0 Å². The van der Waals surface area contributed by atoms with Gasteiger partial charge in [-0.05, 0) is 56.2 Å². The SMILES string of the molecule is Cc1c(C)c2ccc(O[C@@H](C)C(=O)NCc3ccncc3)cc2oc1=O. The van der Waals surface area contributed by atoms with E-state index in [1.807, 2.05) is 25.1 Å². The number of rotatable bonds is 5. The Kier molecular flexibility index (Phi) is 5.02. The van der Waals surface area contributed by atoms with Crippen molar-refractivity contribution in [1.29, 1.82) is 0 Å². The predicted molar refractivity (Wildman–Crippen MR) is 98.1 cm³/mol. The first-order chi connectivity index (χ1) is 12.5. The number of hydrogen-bond acceptors (Lipinski definition) is 5. The molecule has 3 rings (SSSR count). The third-order valence-corrected chi connectivity index (χ3v) is 4.33. The van der Waals surface area contributed by atoms with E-state index in [2.05, 4.69) is 10.3 Å². The molecule has 3 aromatic rings. The molecular weight excluding hydrogens is 332 g/mol. The number of carbonyl (C=O) groups excluding carboxylic acids is 1. The van der Waals surface area contributed by atoms with E-state index in [9.17, 15) is 9.59 Å². The number of ether oxygens (including phenoxy) is 1. The van der Waals surface area contributed by atoms with Gasteiger partial charge >= 0.3 is 5.63 Å². The maximum atomic E-state index is 12.2. The number of amides is 1. The van der Waals surface area contributed by atoms with Crippen molar-refractivity contribution < 1.29 is 13.9 Å². The van der Waals surface area contributed by atoms with Gasteiger partial charge in [0.25, 0.3) is 5.91 Å². The van der Waals surface area contributed by atoms with Crippen molar-refractivity contribution in [3.05, 3.63) is 69.8 Å². The van der Waals surface area contributed by atoms with Crippen LogP contribution in [0.1, 0.15) is 23.6 Å². The predicted octanol–water partition coefficient (Wildman–Crippen LogP) is 2.89. The topological polar surface area (TPSA) is 81.4 Å². The van der Waals surface area contributed by atoms with E-state index in [-0.39, 0.29) is 11.5 Å². The minimum Gasteiger partial charge on any atom is -0.481 e. The van der Waals surface area contributed by atoms with Crippen LogP contribution >= 0.6 is 0 Å². The second-order valence-corrected chi connectivity index (χ2v) is 6.13. The van der Waals surface area contributed by atoms with E-state index in [0.29, 0.717) is 23.4 Å². The molecule has 0 spiro atoms. The first-order valence-corrected chi connectivity index (χ1v) is 8.33. The summed E-state index contributed by atoms with van der Waals surface area (Å²) in [5.74, 6) is 0.235. The molecule has 0 radical (unpaired) electrons. The molecule has 2 heterocycles. The van der Waals surface area contributed by atoms with Gasteiger partial charge in [-0.1, -0.05) is 0 Å². The minimum absolute atomic E-state index is 0.233. The third-order valence-electron chi connectivity index (χ3n) is 4.33. The Morgan fingerprint density at radius 3 is 2.65 bits per heavy atom. The molecule has 0 saturated carbocycles. The van der Waals surface area contributed by atoms with Gasteiger partial charge in [0.2, 0.25) is 0 Å². The summed E-state index contributed by atoms with van der Waals surface area (Å²) in [6.45, 7) is 5.69. The third kappa shape index (κ3) is 3.74. The fourth-order valence-electron chi connectivity index (χ4n) is 2.59. The van der Waals surface area contributed by atoms with Crippen LogP contribution in [0, 0.1) is 13.8 Å². The van der Waals surface area contributed by atoms with Gasteiger partial charge < -0.3 is 14.5 Å². The van der Waals surface area contributed by atoms with Crippen molar-refractivity contribution in [3.63, 3.8) is 0 Å². The Labute approximate surface area is 150 Å². The van der Waals surface area contributed by atoms with Crippen LogP contribution in [0.4, 0.5) is 0 Å². The standard InChI is InChI=1S/C20H20N2O4/c1-12-13(2)20(24)26-18-10-16(4-5-17(12)18)25-14(3)19(23)22-11-15-6-8-21-9-7-15/h4-10,14H,11H2,1-3H3,(H,22,23)/t14-/m0/s1. The Bertz CT molecular complexity index is 996. The van der Waals surface area contributed by atoms with Gasteiger partial charge in [-0.15, -0.1) is 0 Å². The van der Waals surface area contributed by atoms with Gasteiger partial charge in [0.1, 0.15) is 11.3 Å². The summed E-state index contributed by atoms with van der Waals surface area (Å²) >= 11 is 0. The highest BCUT2D eigenvalue weighted by Gasteiger charge is 2.15. The smallest absolute Gasteiger partial charge is 0.339 e. The van der Waals surface area contributed by atoms with Crippen LogP contribution in [0.25, 0.3) is 11.0 Å². The molecule has 0 aliphatic carbocycles. The zero-order chi connectivity index (χ0) is 18.7. The lowest BCUT2D eigenvalue weighted by Crippen LogP contribution is -2.35. The van der Waals surface area contributed by atoms with E-state index in [4.69, 9.17) is 9.15 Å². The van der Waals surface area contributed by atoms with E-state index in [0.717, 1.165) is 16.5 Å². The van der Waals surface area contributed by atoms with Gasteiger partial charge in [-0.25, -0.2) is 4.79 Å². The van der Waals surface area contributed by atoms with Crippen LogP contribution in [0.15, 0.2) is 51.9 Å². The lowest BCUT2D eigenvalue weighted by Gasteiger charge is -2.15. The van der Waals surface area contributed by atoms with Gasteiger partial charge in [0.05, 0.1) is 0 Å². The van der Waals surface area contributed by atoms with E-state index >= 15 is 0 Å². The molecule has 0 bridgehead atoms. The molecule has 0 fully saturated rings. The highest BCUT2D eigenvalue weighted by molar-refractivity contribution is 5.83. The monoisotopic (exact) mass is 352 g/mol. The Morgan fingerprint density at radius 1 is 1.19 bits per heavy atom. The zero-order valence-corrected chi connectivity index (χ0v) is 14.9. The van der Waals surface area contributed by atoms with Crippen molar-refractivity contribution >= 4 is 16.9 Å². The molecule has 0 aliphatic rings. The van der Waals surface area contributed by atoms with Crippen LogP contribution < -0.4 is 15.7 Å². The maximum Gasteiger partial charge on any atom is 0.339 e. The summed E-state index contributed by atoms with van der Waals surface area (Å²) in [4.78, 5) is 28.0. The summed E-state index contributed by atoms with van der Waals surface area (Å²) in [5.41, 5.74) is 2.51. The van der Waals surface area contributed by atoms with Crippen molar-refractivity contribution in [3.8, 4) is 5.75 Å². The fourth-order valence-corrected chi connectivity index (χ4v) is 2.59. The number of carbonyl (C=O) groups is 1. The van der Waals surface area contributed by atoms with Crippen LogP contribution in [0.3, 0.4) is 0 Å². The lowest BCUT2D eigenvalue weighted by molar-refractivity contribution is -0.127. The van der Waals surface area contributed by atoms with Crippen molar-refractivity contribution in [2.24, 2.45) is 0 Å². The normalized spacial score (nSPS) is 12.0. The number of aromatic nitrogens is 1. The summed E-state index contributed by atoms with van der Waals surface area (Å²) in [6.07, 6.45) is 2.66. The van der Waals surface area contributed by atoms with E-state index < -0.39 is 6.10 Å². The molecule has 1 N–H and O–H groups in total. The molecule has 6 nitrogen and oxygen atoms in total. The maximum absolute atomic E-state index is 12.2. The molecule has 1 aromatic carbocycles. The zero-order valence-electron chi connectivity index (χ0n) is 14.9. The van der Waals surface area contributed by atoms with Gasteiger partial charge in [-0.2, -0.15) is 0 Å². The number of hydrogen-bond donors (Lipinski definition) is 1. The Hall–Kier alpha value is -3.15. The number of aryl methyl sites for hydroxylation is 1. The largest absolute Gasteiger partial charge is 0.481 e. The molecule has 0 aliphatic heterocycles. The van der Waals surface area contributed by atoms with E-state index in [1.165, 1.54) is 0 Å². The molecule has 1 amide bonds. The molecule has 1 atom stereocenters. The summed E-state index contributed by atoms with van der Waals surface area (Å²) < 4.78 is 11.0. The van der Waals surface area contributed by atoms with Crippen molar-refractivity contribution in [2.45, 2.75) is 33.4 Å². The minimum atomic E-state index is -0.687. The Balaban J connectivity index is 1.70. The highest BCUT2D eigenvalue weighted by Crippen LogP contribution is 2.24. The van der Waals surface area contributed by atoms with Gasteiger partial charge in [0.15, 0.2) is 6.10 Å². The summed E-state index contributed by atoms with van der Waals surface area (Å²) in [7, 11) is 0. The van der Waals surface area contributed by atoms with Crippen molar-refractivity contribution in [2.75, 3.05) is 0 Å². The Morgan fingerprint density at radius 2 is 1.92 bits per heavy atom. The average molecular weight is 352 g/mol. The number of nitrogens with zero attached hydrogens (tertiary/aromatic N) is 1. The summed E-state index contributed by atoms with van der Waals surface area (Å²) in [6, 6.07) is 8.90. The number of nitrogens with one attached hydrogen (secondary N) is 1. The second-order valence-electron chi connectivity index (χ2n) is 6.13. The fraction of sp³-hybridized carbons (Fsp3) is 0.250. The van der Waals surface area contributed by atoms with Crippen LogP contribution in [-0.2, 0) is 11.3 Å². The van der Waals surface area contributed by atoms with E-state index in [1.54, 1.807) is 38.4 Å².